The molecule has 0 amide bonds. The number of esters is 1. The predicted octanol–water partition coefficient (Wildman–Crippen LogP) is 1.76. The zero-order valence-corrected chi connectivity index (χ0v) is 12.9. The maximum absolute atomic E-state index is 12.2. The molecular formula is C12H18O4SSi. The number of thioether (sulfide) groups is 1. The second-order valence-corrected chi connectivity index (χ2v) is 11.0. The van der Waals surface area contributed by atoms with Crippen molar-refractivity contribution in [3.63, 3.8) is 0 Å². The molecule has 3 aliphatic rings. The number of carbonyl (C=O) groups excluding carboxylic acids is 2. The smallest absolute Gasteiger partial charge is 0.343 e. The first-order valence-electron chi connectivity index (χ1n) is 5.94. The first kappa shape index (κ1) is 13.8. The van der Waals surface area contributed by atoms with Crippen LogP contribution < -0.4 is 0 Å². The van der Waals surface area contributed by atoms with Crippen LogP contribution in [0.1, 0.15) is 6.42 Å². The average Bonchev–Trinajstić information content (AvgIpc) is 2.39. The lowest BCUT2D eigenvalue weighted by molar-refractivity contribution is -0.162. The molecular weight excluding hydrogens is 268 g/mol. The summed E-state index contributed by atoms with van der Waals surface area (Å²) in [4.78, 5) is 24.4. The third-order valence-electron chi connectivity index (χ3n) is 2.93. The van der Waals surface area contributed by atoms with E-state index in [1.807, 2.05) is 25.9 Å². The third-order valence-corrected chi connectivity index (χ3v) is 4.97. The Morgan fingerprint density at radius 3 is 2.61 bits per heavy atom. The predicted molar refractivity (Wildman–Crippen MR) is 73.1 cm³/mol. The van der Waals surface area contributed by atoms with Gasteiger partial charge in [-0.05, 0) is 38.0 Å². The Morgan fingerprint density at radius 2 is 2.11 bits per heavy atom. The van der Waals surface area contributed by atoms with Crippen molar-refractivity contribution in [3.05, 3.63) is 12.2 Å². The summed E-state index contributed by atoms with van der Waals surface area (Å²) in [6.07, 6.45) is 5.20. The maximum atomic E-state index is 12.2. The molecule has 0 spiro atoms. The van der Waals surface area contributed by atoms with Crippen molar-refractivity contribution in [3.8, 4) is 0 Å². The third kappa shape index (κ3) is 2.29. The van der Waals surface area contributed by atoms with E-state index < -0.39 is 31.2 Å². The quantitative estimate of drug-likeness (QED) is 0.449. The van der Waals surface area contributed by atoms with Gasteiger partial charge in [-0.2, -0.15) is 11.8 Å². The summed E-state index contributed by atoms with van der Waals surface area (Å²) in [7, 11) is -1.98. The van der Waals surface area contributed by atoms with Crippen molar-refractivity contribution < 1.29 is 18.8 Å². The first-order chi connectivity index (χ1) is 8.28. The Morgan fingerprint density at radius 1 is 1.44 bits per heavy atom. The SMILES string of the molecule is CS[C@H]1C(=O)C[C@@H]2C=C[C@@]1(O[Si](C)(C)C)C(=O)O2. The highest BCUT2D eigenvalue weighted by molar-refractivity contribution is 8.00. The van der Waals surface area contributed by atoms with Crippen molar-refractivity contribution in [2.45, 2.75) is 43.0 Å². The highest BCUT2D eigenvalue weighted by atomic mass is 32.2. The fourth-order valence-electron chi connectivity index (χ4n) is 2.38. The van der Waals surface area contributed by atoms with Crippen LogP contribution in [-0.4, -0.2) is 43.3 Å². The number of carbonyl (C=O) groups is 2. The van der Waals surface area contributed by atoms with Crippen LogP contribution in [-0.2, 0) is 18.8 Å². The molecule has 0 unspecified atom stereocenters. The van der Waals surface area contributed by atoms with Gasteiger partial charge in [-0.25, -0.2) is 4.79 Å². The Kier molecular flexibility index (Phi) is 3.46. The molecule has 100 valence electrons. The first-order valence-corrected chi connectivity index (χ1v) is 10.6. The number of ether oxygens (including phenoxy) is 1. The maximum Gasteiger partial charge on any atom is 0.343 e. The molecule has 0 saturated carbocycles. The van der Waals surface area contributed by atoms with Gasteiger partial charge in [0, 0.05) is 6.42 Å². The Hall–Kier alpha value is -0.593. The molecule has 6 heteroatoms. The molecule has 0 N–H and O–H groups in total. The van der Waals surface area contributed by atoms with E-state index >= 15 is 0 Å². The van der Waals surface area contributed by atoms with Crippen LogP contribution >= 0.6 is 11.8 Å². The Bertz CT molecular complexity index is 415. The number of hydrogen-bond donors (Lipinski definition) is 0. The van der Waals surface area contributed by atoms with Crippen LogP contribution in [0.25, 0.3) is 0 Å². The lowest BCUT2D eigenvalue weighted by Crippen LogP contribution is -2.56. The van der Waals surface area contributed by atoms with E-state index in [-0.39, 0.29) is 12.2 Å². The van der Waals surface area contributed by atoms with Gasteiger partial charge in [-0.15, -0.1) is 0 Å². The van der Waals surface area contributed by atoms with Crippen LogP contribution in [0.4, 0.5) is 0 Å². The van der Waals surface area contributed by atoms with Crippen LogP contribution in [0.2, 0.25) is 19.6 Å². The summed E-state index contributed by atoms with van der Waals surface area (Å²) in [5, 5.41) is -0.500. The molecule has 0 aromatic heterocycles. The fraction of sp³-hybridized carbons (Fsp3) is 0.667. The summed E-state index contributed by atoms with van der Waals surface area (Å²) in [6, 6.07) is 0. The van der Waals surface area contributed by atoms with Gasteiger partial charge in [0.05, 0.1) is 0 Å². The van der Waals surface area contributed by atoms with Crippen LogP contribution in [0.3, 0.4) is 0 Å². The molecule has 0 aromatic carbocycles. The molecule has 18 heavy (non-hydrogen) atoms. The normalized spacial score (nSPS) is 35.6. The minimum atomic E-state index is -1.98. The molecule has 4 nitrogen and oxygen atoms in total. The number of rotatable bonds is 3. The number of hydrogen-bond acceptors (Lipinski definition) is 5. The molecule has 2 heterocycles. The second-order valence-electron chi connectivity index (χ2n) is 5.60. The monoisotopic (exact) mass is 286 g/mol. The van der Waals surface area contributed by atoms with E-state index in [9.17, 15) is 9.59 Å². The lowest BCUT2D eigenvalue weighted by atomic mass is 9.97. The van der Waals surface area contributed by atoms with E-state index in [1.54, 1.807) is 12.2 Å². The summed E-state index contributed by atoms with van der Waals surface area (Å²) in [6.45, 7) is 6.01. The molecule has 3 atom stereocenters. The summed E-state index contributed by atoms with van der Waals surface area (Å²) in [5.74, 6) is -0.385. The van der Waals surface area contributed by atoms with Gasteiger partial charge in [0.1, 0.15) is 11.4 Å². The number of ketones is 1. The summed E-state index contributed by atoms with van der Waals surface area (Å²) >= 11 is 1.37. The minimum absolute atomic E-state index is 0.0293. The van der Waals surface area contributed by atoms with E-state index in [4.69, 9.17) is 9.16 Å². The molecule has 2 aliphatic heterocycles. The van der Waals surface area contributed by atoms with Crippen molar-refractivity contribution in [2.24, 2.45) is 0 Å². The molecule has 1 aliphatic carbocycles. The lowest BCUT2D eigenvalue weighted by Gasteiger charge is -2.39. The van der Waals surface area contributed by atoms with Crippen molar-refractivity contribution in [2.75, 3.05) is 6.26 Å². The fourth-order valence-corrected chi connectivity index (χ4v) is 4.68. The standard InChI is InChI=1S/C12H18O4SSi/c1-17-10-9(13)7-8-5-6-12(10,11(14)15-8)16-18(2,3)4/h5-6,8,10H,7H2,1-4H3/t8-,10-,12-/m0/s1. The van der Waals surface area contributed by atoms with Crippen molar-refractivity contribution in [1.82, 2.24) is 0 Å². The van der Waals surface area contributed by atoms with Gasteiger partial charge in [-0.3, -0.25) is 4.79 Å². The van der Waals surface area contributed by atoms with Gasteiger partial charge in [0.25, 0.3) is 0 Å². The minimum Gasteiger partial charge on any atom is -0.455 e. The molecule has 0 aromatic rings. The number of fused-ring (bicyclic) bond motifs is 3. The highest BCUT2D eigenvalue weighted by Gasteiger charge is 2.56. The van der Waals surface area contributed by atoms with E-state index in [0.29, 0.717) is 0 Å². The molecule has 1 saturated heterocycles. The highest BCUT2D eigenvalue weighted by Crippen LogP contribution is 2.39. The van der Waals surface area contributed by atoms with Gasteiger partial charge in [-0.1, -0.05) is 0 Å². The van der Waals surface area contributed by atoms with Crippen LogP contribution in [0, 0.1) is 0 Å². The zero-order chi connectivity index (χ0) is 13.6. The van der Waals surface area contributed by atoms with Gasteiger partial charge >= 0.3 is 5.97 Å². The summed E-state index contributed by atoms with van der Waals surface area (Å²) in [5.41, 5.74) is -1.21. The molecule has 0 radical (unpaired) electrons. The average molecular weight is 286 g/mol. The largest absolute Gasteiger partial charge is 0.455 e. The second kappa shape index (κ2) is 4.50. The van der Waals surface area contributed by atoms with Crippen molar-refractivity contribution >= 4 is 31.8 Å². The Labute approximate surface area is 112 Å². The van der Waals surface area contributed by atoms with Crippen LogP contribution in [0.5, 0.6) is 0 Å². The van der Waals surface area contributed by atoms with E-state index in [2.05, 4.69) is 0 Å². The topological polar surface area (TPSA) is 52.6 Å². The van der Waals surface area contributed by atoms with Crippen LogP contribution in [0.15, 0.2) is 12.2 Å². The van der Waals surface area contributed by atoms with Gasteiger partial charge in [0.15, 0.2) is 19.7 Å². The van der Waals surface area contributed by atoms with E-state index in [1.165, 1.54) is 11.8 Å². The Balaban J connectivity index is 2.48. The van der Waals surface area contributed by atoms with Gasteiger partial charge in [0.2, 0.25) is 0 Å². The molecule has 3 rings (SSSR count). The molecule has 1 fully saturated rings. The van der Waals surface area contributed by atoms with Crippen molar-refractivity contribution in [1.29, 1.82) is 0 Å². The van der Waals surface area contributed by atoms with E-state index in [0.717, 1.165) is 0 Å². The summed E-state index contributed by atoms with van der Waals surface area (Å²) < 4.78 is 11.4. The molecule has 2 bridgehead atoms. The zero-order valence-electron chi connectivity index (χ0n) is 11.1. The number of Topliss-reactive ketones (excluding diaryl/α,β-unsaturated/α-hetero) is 1. The van der Waals surface area contributed by atoms with Gasteiger partial charge < -0.3 is 9.16 Å².